The van der Waals surface area contributed by atoms with Gasteiger partial charge in [-0.3, -0.25) is 0 Å². The molecular weight excluding hydrogens is 766 g/mol. The molecule has 0 N–H and O–H groups in total. The van der Waals surface area contributed by atoms with E-state index in [1.165, 1.54) is 48.5 Å². The van der Waals surface area contributed by atoms with Crippen LogP contribution in [0.15, 0.2) is 48.5 Å². The van der Waals surface area contributed by atoms with Gasteiger partial charge in [-0.2, -0.15) is 65.5 Å². The Balaban J connectivity index is 2.71. The zero-order valence-corrected chi connectivity index (χ0v) is 26.5. The lowest BCUT2D eigenvalue weighted by Crippen LogP contribution is -3.85. The molecule has 0 amide bonds. The summed E-state index contributed by atoms with van der Waals surface area (Å²) in [7, 11) is -7.47. The van der Waals surface area contributed by atoms with Gasteiger partial charge < -0.3 is 0 Å². The molecule has 0 aromatic heterocycles. The maximum atomic E-state index is 14.7. The third-order valence-corrected chi connectivity index (χ3v) is 13.6. The van der Waals surface area contributed by atoms with E-state index in [-0.39, 0.29) is 7.14 Å². The first-order chi connectivity index (χ1) is 19.3. The first-order valence-electron chi connectivity index (χ1n) is 12.1. The van der Waals surface area contributed by atoms with Gasteiger partial charge in [-0.05, 0) is 48.7 Å². The average Bonchev–Trinajstić information content (AvgIpc) is 2.85. The molecule has 3 nitrogen and oxygen atoms in total. The molecule has 0 aliphatic carbocycles. The summed E-state index contributed by atoms with van der Waals surface area (Å²) in [5, 5.41) is -7.44. The summed E-state index contributed by atoms with van der Waals surface area (Å²) >= 11 is -4.46. The first kappa shape index (κ1) is 38.4. The minimum Gasteiger partial charge on any atom is -0.192 e. The Morgan fingerprint density at radius 2 is 0.795 bits per heavy atom. The van der Waals surface area contributed by atoms with Crippen molar-refractivity contribution >= 4 is 10.1 Å². The Labute approximate surface area is 252 Å². The average molecular weight is 792 g/mol. The molecule has 1 radical (unpaired) electrons. The highest BCUT2D eigenvalue weighted by Crippen LogP contribution is 2.61. The summed E-state index contributed by atoms with van der Waals surface area (Å²) in [6.07, 6.45) is -7.63. The molecule has 0 unspecified atom stereocenters. The second kappa shape index (κ2) is 11.5. The molecule has 0 atom stereocenters. The molecular formula is C26H26F13IO3S+. The number of alkyl halides is 13. The standard InChI is InChI=1S/C26H26F13IO3S/c1-19(2,3)15-7-11-17(12-8-15)40(18-13-9-16(10-14-18)20(4,5)6)43-44(41,42)26(38,39)24(33,34)22(29,30)21(27,28)23(31,32)25(35,36)37/h7-14H,1-6H3/q+1. The van der Waals surface area contributed by atoms with E-state index in [2.05, 4.69) is 2.51 Å². The quantitative estimate of drug-likeness (QED) is 0.235. The van der Waals surface area contributed by atoms with E-state index in [0.717, 1.165) is 0 Å². The van der Waals surface area contributed by atoms with Crippen LogP contribution in [0.4, 0.5) is 57.1 Å². The van der Waals surface area contributed by atoms with Crippen LogP contribution in [0.2, 0.25) is 0 Å². The fraction of sp³-hybridized carbons (Fsp3) is 0.538. The molecule has 0 aliphatic rings. The van der Waals surface area contributed by atoms with Gasteiger partial charge in [-0.15, -0.1) is 0 Å². The molecule has 0 saturated carbocycles. The summed E-state index contributed by atoms with van der Waals surface area (Å²) in [6.45, 7) is 10.5. The predicted molar refractivity (Wildman–Crippen MR) is 128 cm³/mol. The largest absolute Gasteiger partial charge is 0.460 e. The maximum Gasteiger partial charge on any atom is 0.460 e. The molecule has 2 rings (SSSR count). The van der Waals surface area contributed by atoms with Crippen LogP contribution >= 0.6 is 0 Å². The van der Waals surface area contributed by atoms with Crippen molar-refractivity contribution in [2.24, 2.45) is 0 Å². The van der Waals surface area contributed by atoms with Gasteiger partial charge in [0, 0.05) is 0 Å². The molecule has 2 aromatic rings. The molecule has 0 aliphatic heterocycles. The highest BCUT2D eigenvalue weighted by molar-refractivity contribution is 7.87. The molecule has 0 fully saturated rings. The zero-order valence-electron chi connectivity index (χ0n) is 23.5. The Morgan fingerprint density at radius 3 is 1.07 bits per heavy atom. The van der Waals surface area contributed by atoms with Gasteiger partial charge in [-0.25, -0.2) is 0 Å². The number of hydrogen-bond donors (Lipinski definition) is 0. The van der Waals surface area contributed by atoms with Crippen molar-refractivity contribution in [3.63, 3.8) is 0 Å². The van der Waals surface area contributed by atoms with Gasteiger partial charge >= 0.3 is 65.5 Å². The first-order valence-corrected chi connectivity index (χ1v) is 16.5. The van der Waals surface area contributed by atoms with Gasteiger partial charge in [-0.1, -0.05) is 65.8 Å². The van der Waals surface area contributed by atoms with Crippen LogP contribution in [0.3, 0.4) is 0 Å². The van der Waals surface area contributed by atoms with Crippen molar-refractivity contribution in [2.75, 3.05) is 0 Å². The van der Waals surface area contributed by atoms with Crippen LogP contribution in [0.25, 0.3) is 0 Å². The van der Waals surface area contributed by atoms with Gasteiger partial charge in [0.25, 0.3) is 0 Å². The summed E-state index contributed by atoms with van der Waals surface area (Å²) in [4.78, 5) is 0. The van der Waals surface area contributed by atoms with Crippen LogP contribution in [-0.2, 0) is 23.5 Å². The van der Waals surface area contributed by atoms with Crippen molar-refractivity contribution in [3.05, 3.63) is 66.8 Å². The van der Waals surface area contributed by atoms with Gasteiger partial charge in [0.1, 0.15) is 0 Å². The Bertz CT molecular complexity index is 1370. The van der Waals surface area contributed by atoms with Gasteiger partial charge in [0.2, 0.25) is 0 Å². The number of hydrogen-bond acceptors (Lipinski definition) is 3. The topological polar surface area (TPSA) is 43.4 Å². The Morgan fingerprint density at radius 1 is 0.500 bits per heavy atom. The maximum absolute atomic E-state index is 14.7. The van der Waals surface area contributed by atoms with Crippen molar-refractivity contribution in [3.8, 4) is 0 Å². The SMILES string of the molecule is CC(C)(C)c1ccc([I+](OS(=O)(=O)C(F)(F)C(F)(F)C(F)(F)C(F)(F)C(F)(F)C(F)(F)F)c2ccc(C(C)(C)C)cc2)cc1. The fourth-order valence-corrected chi connectivity index (χ4v) is 10.3. The summed E-state index contributed by atoms with van der Waals surface area (Å²) < 4.78 is 206. The number of benzene rings is 2. The Kier molecular flexibility index (Phi) is 9.98. The van der Waals surface area contributed by atoms with E-state index in [0.29, 0.717) is 11.1 Å². The van der Waals surface area contributed by atoms with Gasteiger partial charge in [0.05, 0.1) is 0 Å². The predicted octanol–water partition coefficient (Wildman–Crippen LogP) is 5.90. The Hall–Kier alpha value is -1.83. The van der Waals surface area contributed by atoms with E-state index >= 15 is 0 Å². The molecule has 0 bridgehead atoms. The summed E-state index contributed by atoms with van der Waals surface area (Å²) in [5.41, 5.74) is 0.187. The van der Waals surface area contributed by atoms with Crippen molar-refractivity contribution in [1.82, 2.24) is 0 Å². The highest BCUT2D eigenvalue weighted by Gasteiger charge is 2.93. The molecule has 44 heavy (non-hydrogen) atoms. The van der Waals surface area contributed by atoms with Crippen molar-refractivity contribution in [2.45, 2.75) is 87.5 Å². The smallest absolute Gasteiger partial charge is 0.192 e. The van der Waals surface area contributed by atoms with Crippen LogP contribution in [0.1, 0.15) is 52.7 Å². The minimum atomic E-state index is -8.28. The molecule has 251 valence electrons. The monoisotopic (exact) mass is 792 g/mol. The van der Waals surface area contributed by atoms with E-state index < -0.39 is 76.3 Å². The van der Waals surface area contributed by atoms with E-state index in [9.17, 15) is 65.5 Å². The molecule has 18 heteroatoms. The highest BCUT2D eigenvalue weighted by atomic mass is 127. The molecule has 0 spiro atoms. The van der Waals surface area contributed by atoms with Crippen molar-refractivity contribution < 1.29 is 88.2 Å². The number of rotatable bonds is 9. The third-order valence-electron chi connectivity index (χ3n) is 6.18. The minimum absolute atomic E-state index is 0.200. The van der Waals surface area contributed by atoms with E-state index in [1.54, 1.807) is 41.5 Å². The molecule has 0 saturated heterocycles. The number of halogens is 14. The summed E-state index contributed by atoms with van der Waals surface area (Å²) in [6, 6.07) is 10.2. The fourth-order valence-electron chi connectivity index (χ4n) is 3.36. The lowest BCUT2D eigenvalue weighted by atomic mass is 9.87. The lowest BCUT2D eigenvalue weighted by molar-refractivity contribution is -1.03. The van der Waals surface area contributed by atoms with Crippen LogP contribution < -0.4 is 20.2 Å². The third kappa shape index (κ3) is 6.53. The normalized spacial score (nSPS) is 15.2. The van der Waals surface area contributed by atoms with Crippen molar-refractivity contribution in [1.29, 1.82) is 0 Å². The lowest BCUT2D eigenvalue weighted by Gasteiger charge is -2.38. The van der Waals surface area contributed by atoms with Crippen LogP contribution in [0, 0.1) is 7.14 Å². The zero-order chi connectivity index (χ0) is 34.8. The van der Waals surface area contributed by atoms with E-state index in [4.69, 9.17) is 0 Å². The van der Waals surface area contributed by atoms with E-state index in [1.807, 2.05) is 0 Å². The van der Waals surface area contributed by atoms with Crippen LogP contribution in [-0.4, -0.2) is 43.5 Å². The molecule has 2 aromatic carbocycles. The van der Waals surface area contributed by atoms with Gasteiger partial charge in [0.15, 0.2) is 7.14 Å². The van der Waals surface area contributed by atoms with Crippen LogP contribution in [0.5, 0.6) is 0 Å². The second-order valence-corrected chi connectivity index (χ2v) is 18.1. The second-order valence-electron chi connectivity index (χ2n) is 11.6. The summed E-state index contributed by atoms with van der Waals surface area (Å²) in [5.74, 6) is -32.6. The molecule has 0 heterocycles.